The van der Waals surface area contributed by atoms with Gasteiger partial charge >= 0.3 is 0 Å². The van der Waals surface area contributed by atoms with E-state index in [4.69, 9.17) is 11.6 Å². The van der Waals surface area contributed by atoms with Gasteiger partial charge in [-0.15, -0.1) is 0 Å². The van der Waals surface area contributed by atoms with E-state index in [0.29, 0.717) is 10.8 Å². The first-order chi connectivity index (χ1) is 13.1. The molecule has 0 spiro atoms. The van der Waals surface area contributed by atoms with Crippen LogP contribution in [0.3, 0.4) is 0 Å². The summed E-state index contributed by atoms with van der Waals surface area (Å²) < 4.78 is 2.12. The van der Waals surface area contributed by atoms with Crippen molar-refractivity contribution in [2.24, 2.45) is 5.10 Å². The molecule has 0 unspecified atom stereocenters. The van der Waals surface area contributed by atoms with Crippen LogP contribution < -0.4 is 5.43 Å². The van der Waals surface area contributed by atoms with Crippen LogP contribution in [0.25, 0.3) is 10.9 Å². The number of non-ortho nitro benzene ring substituents is 1. The second-order valence-electron chi connectivity index (χ2n) is 6.25. The highest BCUT2D eigenvalue weighted by Crippen LogP contribution is 2.29. The highest BCUT2D eigenvalue weighted by atomic mass is 35.5. The molecule has 3 rings (SSSR count). The third-order valence-electron chi connectivity index (χ3n) is 4.39. The molecule has 0 bridgehead atoms. The molecule has 140 valence electrons. The number of nitro benzene ring substituents is 1. The van der Waals surface area contributed by atoms with Gasteiger partial charge in [0.25, 0.3) is 5.69 Å². The monoisotopic (exact) mass is 384 g/mol. The average Bonchev–Trinajstić information content (AvgIpc) is 2.94. The third-order valence-corrected chi connectivity index (χ3v) is 4.80. The number of nitro groups is 1. The highest BCUT2D eigenvalue weighted by Gasteiger charge is 2.13. The molecule has 0 amide bonds. The van der Waals surface area contributed by atoms with Crippen molar-refractivity contribution in [3.63, 3.8) is 0 Å². The van der Waals surface area contributed by atoms with Crippen LogP contribution in [-0.4, -0.2) is 15.7 Å². The summed E-state index contributed by atoms with van der Waals surface area (Å²) >= 11 is 6.64. The first kappa shape index (κ1) is 18.9. The molecule has 1 N–H and O–H groups in total. The van der Waals surface area contributed by atoms with E-state index in [1.807, 2.05) is 18.2 Å². The Morgan fingerprint density at radius 3 is 2.63 bits per heavy atom. The van der Waals surface area contributed by atoms with E-state index in [1.54, 1.807) is 18.3 Å². The molecule has 0 saturated carbocycles. The van der Waals surface area contributed by atoms with Crippen LogP contribution in [-0.2, 0) is 6.54 Å². The van der Waals surface area contributed by atoms with Crippen molar-refractivity contribution < 1.29 is 4.92 Å². The molecule has 0 saturated heterocycles. The van der Waals surface area contributed by atoms with Gasteiger partial charge in [-0.1, -0.05) is 49.6 Å². The Balaban J connectivity index is 1.82. The van der Waals surface area contributed by atoms with E-state index in [0.717, 1.165) is 42.3 Å². The Bertz CT molecular complexity index is 964. The van der Waals surface area contributed by atoms with Gasteiger partial charge in [0.2, 0.25) is 0 Å². The maximum atomic E-state index is 10.7. The van der Waals surface area contributed by atoms with E-state index in [2.05, 4.69) is 28.1 Å². The molecule has 2 aromatic carbocycles. The molecule has 6 nitrogen and oxygen atoms in total. The van der Waals surface area contributed by atoms with Crippen molar-refractivity contribution in [1.29, 1.82) is 0 Å². The van der Waals surface area contributed by atoms with Gasteiger partial charge in [0, 0.05) is 35.1 Å². The Hall–Kier alpha value is -2.86. The van der Waals surface area contributed by atoms with Crippen LogP contribution in [0.15, 0.2) is 53.6 Å². The number of fused-ring (bicyclic) bond motifs is 1. The Morgan fingerprint density at radius 1 is 1.19 bits per heavy atom. The minimum Gasteiger partial charge on any atom is -0.331 e. The van der Waals surface area contributed by atoms with E-state index in [-0.39, 0.29) is 5.69 Å². The fourth-order valence-corrected chi connectivity index (χ4v) is 3.32. The van der Waals surface area contributed by atoms with Crippen LogP contribution in [0.5, 0.6) is 0 Å². The molecule has 0 aliphatic rings. The zero-order chi connectivity index (χ0) is 19.2. The second-order valence-corrected chi connectivity index (χ2v) is 6.61. The second kappa shape index (κ2) is 8.68. The van der Waals surface area contributed by atoms with Crippen molar-refractivity contribution in [3.05, 3.63) is 69.4 Å². The number of hydrogen-bond acceptors (Lipinski definition) is 4. The number of hydrazone groups is 1. The van der Waals surface area contributed by atoms with Gasteiger partial charge < -0.3 is 4.57 Å². The number of aryl methyl sites for hydroxylation is 1. The van der Waals surface area contributed by atoms with Crippen molar-refractivity contribution in [2.45, 2.75) is 32.7 Å². The molecule has 0 fully saturated rings. The lowest BCUT2D eigenvalue weighted by molar-refractivity contribution is -0.384. The summed E-state index contributed by atoms with van der Waals surface area (Å²) in [6, 6.07) is 14.2. The summed E-state index contributed by atoms with van der Waals surface area (Å²) in [5, 5.41) is 16.7. The minimum atomic E-state index is -0.430. The maximum absolute atomic E-state index is 10.7. The van der Waals surface area contributed by atoms with Gasteiger partial charge in [0.1, 0.15) is 5.15 Å². The van der Waals surface area contributed by atoms with Crippen LogP contribution in [0, 0.1) is 10.1 Å². The first-order valence-electron chi connectivity index (χ1n) is 8.92. The summed E-state index contributed by atoms with van der Waals surface area (Å²) in [6.45, 7) is 3.05. The number of nitrogens with zero attached hydrogens (tertiary/aromatic N) is 3. The third kappa shape index (κ3) is 4.28. The molecular formula is C20H21ClN4O2. The van der Waals surface area contributed by atoms with Crippen LogP contribution in [0.1, 0.15) is 31.7 Å². The number of halogens is 1. The molecule has 0 atom stereocenters. The normalized spacial score (nSPS) is 11.3. The van der Waals surface area contributed by atoms with E-state index >= 15 is 0 Å². The smallest absolute Gasteiger partial charge is 0.269 e. The number of nitrogens with one attached hydrogen (secondary N) is 1. The Morgan fingerprint density at radius 2 is 1.93 bits per heavy atom. The lowest BCUT2D eigenvalue weighted by Gasteiger charge is -2.06. The van der Waals surface area contributed by atoms with Gasteiger partial charge in [0.05, 0.1) is 16.8 Å². The molecule has 0 aliphatic carbocycles. The Kier molecular flexibility index (Phi) is 6.08. The van der Waals surface area contributed by atoms with Crippen molar-refractivity contribution in [1.82, 2.24) is 4.57 Å². The van der Waals surface area contributed by atoms with Crippen LogP contribution in [0.4, 0.5) is 11.4 Å². The summed E-state index contributed by atoms with van der Waals surface area (Å²) in [7, 11) is 0. The zero-order valence-corrected chi connectivity index (χ0v) is 15.8. The van der Waals surface area contributed by atoms with E-state index in [9.17, 15) is 10.1 Å². The standard InChI is InChI=1S/C20H21ClN4O2/c1-2-3-6-13-24-19-8-5-4-7-17(19)18(20(24)21)14-22-23-15-9-11-16(12-10-15)25(26)27/h4-5,7-12,14,23H,2-3,6,13H2,1H3. The Labute approximate surface area is 162 Å². The van der Waals surface area contributed by atoms with Gasteiger partial charge in [0.15, 0.2) is 0 Å². The van der Waals surface area contributed by atoms with Crippen LogP contribution in [0.2, 0.25) is 5.15 Å². The molecule has 1 heterocycles. The number of hydrogen-bond donors (Lipinski definition) is 1. The molecule has 7 heteroatoms. The number of unbranched alkanes of at least 4 members (excludes halogenated alkanes) is 2. The molecule has 0 radical (unpaired) electrons. The summed E-state index contributed by atoms with van der Waals surface area (Å²) in [5.41, 5.74) is 5.55. The van der Waals surface area contributed by atoms with Crippen molar-refractivity contribution in [2.75, 3.05) is 5.43 Å². The number of anilines is 1. The van der Waals surface area contributed by atoms with Crippen molar-refractivity contribution >= 4 is 40.1 Å². The molecule has 1 aromatic heterocycles. The zero-order valence-electron chi connectivity index (χ0n) is 15.1. The minimum absolute atomic E-state index is 0.0442. The predicted octanol–water partition coefficient (Wildman–Crippen LogP) is 5.84. The van der Waals surface area contributed by atoms with Crippen molar-refractivity contribution in [3.8, 4) is 0 Å². The highest BCUT2D eigenvalue weighted by molar-refractivity contribution is 6.34. The molecule has 27 heavy (non-hydrogen) atoms. The van der Waals surface area contributed by atoms with Gasteiger partial charge in [-0.05, 0) is 24.6 Å². The number of rotatable bonds is 8. The molecular weight excluding hydrogens is 364 g/mol. The first-order valence-corrected chi connectivity index (χ1v) is 9.30. The summed E-state index contributed by atoms with van der Waals surface area (Å²) in [4.78, 5) is 10.3. The SMILES string of the molecule is CCCCCn1c(Cl)c(C=NNc2ccc([N+](=O)[O-])cc2)c2ccccc21. The predicted molar refractivity (Wildman–Crippen MR) is 111 cm³/mol. The van der Waals surface area contributed by atoms with Crippen LogP contribution >= 0.6 is 11.6 Å². The van der Waals surface area contributed by atoms with Gasteiger partial charge in [-0.25, -0.2) is 0 Å². The van der Waals surface area contributed by atoms with Gasteiger partial charge in [-0.2, -0.15) is 5.10 Å². The lowest BCUT2D eigenvalue weighted by atomic mass is 10.2. The van der Waals surface area contributed by atoms with E-state index < -0.39 is 4.92 Å². The quantitative estimate of drug-likeness (QED) is 0.229. The lowest BCUT2D eigenvalue weighted by Crippen LogP contribution is -1.98. The number of aromatic nitrogens is 1. The average molecular weight is 385 g/mol. The largest absolute Gasteiger partial charge is 0.331 e. The van der Waals surface area contributed by atoms with Gasteiger partial charge in [-0.3, -0.25) is 15.5 Å². The maximum Gasteiger partial charge on any atom is 0.269 e. The van der Waals surface area contributed by atoms with E-state index in [1.165, 1.54) is 12.1 Å². The molecule has 0 aliphatic heterocycles. The number of benzene rings is 2. The fraction of sp³-hybridized carbons (Fsp3) is 0.250. The topological polar surface area (TPSA) is 72.5 Å². The summed E-state index contributed by atoms with van der Waals surface area (Å²) in [6.07, 6.45) is 5.09. The summed E-state index contributed by atoms with van der Waals surface area (Å²) in [5.74, 6) is 0. The number of para-hydroxylation sites is 1. The fourth-order valence-electron chi connectivity index (χ4n) is 2.99. The molecule has 3 aromatic rings.